The standard InChI is InChI=1S/C16H24N4O2/c1-9-10(2)19-16(18-9)14-6-13(21-5)7-20(14)8-15-17-11(3)12(4)22-15/h13-14H,6-8H2,1-5H3,(H,18,19)/t13-,14+/m1/s1. The van der Waals surface area contributed by atoms with Crippen molar-refractivity contribution in [2.24, 2.45) is 0 Å². The van der Waals surface area contributed by atoms with E-state index in [1.54, 1.807) is 7.11 Å². The molecule has 1 fully saturated rings. The first kappa shape index (κ1) is 15.2. The normalized spacial score (nSPS) is 22.6. The molecule has 3 rings (SSSR count). The fraction of sp³-hybridized carbons (Fsp3) is 0.625. The van der Waals surface area contributed by atoms with Crippen LogP contribution < -0.4 is 0 Å². The molecule has 0 aliphatic carbocycles. The molecule has 22 heavy (non-hydrogen) atoms. The molecule has 0 radical (unpaired) electrons. The first-order valence-electron chi connectivity index (χ1n) is 7.70. The number of nitrogens with zero attached hydrogens (tertiary/aromatic N) is 3. The van der Waals surface area contributed by atoms with Crippen LogP contribution in [0, 0.1) is 27.7 Å². The van der Waals surface area contributed by atoms with Gasteiger partial charge in [0, 0.05) is 19.3 Å². The first-order valence-corrected chi connectivity index (χ1v) is 7.70. The molecule has 2 atom stereocenters. The van der Waals surface area contributed by atoms with Crippen molar-refractivity contribution in [3.63, 3.8) is 0 Å². The lowest BCUT2D eigenvalue weighted by atomic mass is 10.2. The van der Waals surface area contributed by atoms with Crippen LogP contribution in [0.5, 0.6) is 0 Å². The molecule has 6 nitrogen and oxygen atoms in total. The lowest BCUT2D eigenvalue weighted by molar-refractivity contribution is 0.106. The minimum absolute atomic E-state index is 0.213. The Labute approximate surface area is 130 Å². The van der Waals surface area contributed by atoms with Gasteiger partial charge in [-0.05, 0) is 34.1 Å². The van der Waals surface area contributed by atoms with Crippen molar-refractivity contribution in [1.82, 2.24) is 19.9 Å². The van der Waals surface area contributed by atoms with Crippen LogP contribution in [0.15, 0.2) is 4.42 Å². The molecule has 0 unspecified atom stereocenters. The number of H-pyrrole nitrogens is 1. The van der Waals surface area contributed by atoms with Crippen LogP contribution in [-0.2, 0) is 11.3 Å². The number of nitrogens with one attached hydrogen (secondary N) is 1. The fourth-order valence-electron chi connectivity index (χ4n) is 3.00. The molecule has 1 aliphatic rings. The lowest BCUT2D eigenvalue weighted by Crippen LogP contribution is -2.25. The van der Waals surface area contributed by atoms with E-state index in [9.17, 15) is 0 Å². The zero-order valence-electron chi connectivity index (χ0n) is 13.9. The van der Waals surface area contributed by atoms with Gasteiger partial charge in [0.2, 0.25) is 5.89 Å². The molecule has 1 N–H and O–H groups in total. The zero-order chi connectivity index (χ0) is 15.9. The molecule has 1 saturated heterocycles. The van der Waals surface area contributed by atoms with Crippen molar-refractivity contribution in [2.75, 3.05) is 13.7 Å². The van der Waals surface area contributed by atoms with E-state index in [2.05, 4.69) is 26.8 Å². The third kappa shape index (κ3) is 2.80. The van der Waals surface area contributed by atoms with Crippen LogP contribution in [0.4, 0.5) is 0 Å². The Balaban J connectivity index is 1.83. The topological polar surface area (TPSA) is 67.2 Å². The van der Waals surface area contributed by atoms with E-state index < -0.39 is 0 Å². The van der Waals surface area contributed by atoms with E-state index in [1.165, 1.54) is 0 Å². The Hall–Kier alpha value is -1.66. The van der Waals surface area contributed by atoms with Gasteiger partial charge in [-0.2, -0.15) is 0 Å². The molecule has 3 heterocycles. The Kier molecular flexibility index (Phi) is 4.06. The molecular formula is C16H24N4O2. The Morgan fingerprint density at radius 1 is 1.23 bits per heavy atom. The van der Waals surface area contributed by atoms with Crippen LogP contribution in [0.1, 0.15) is 47.0 Å². The predicted octanol–water partition coefficient (Wildman–Crippen LogP) is 2.59. The maximum absolute atomic E-state index is 5.73. The highest BCUT2D eigenvalue weighted by Crippen LogP contribution is 2.33. The predicted molar refractivity (Wildman–Crippen MR) is 82.6 cm³/mol. The van der Waals surface area contributed by atoms with Gasteiger partial charge in [0.15, 0.2) is 0 Å². The largest absolute Gasteiger partial charge is 0.444 e. The van der Waals surface area contributed by atoms with E-state index >= 15 is 0 Å². The molecule has 1 aliphatic heterocycles. The highest BCUT2D eigenvalue weighted by molar-refractivity contribution is 5.15. The SMILES string of the molecule is CO[C@@H]1C[C@@H](c2nc(C)c(C)[nH]2)N(Cc2nc(C)c(C)o2)C1. The minimum atomic E-state index is 0.213. The van der Waals surface area contributed by atoms with E-state index in [-0.39, 0.29) is 12.1 Å². The monoisotopic (exact) mass is 304 g/mol. The number of hydrogen-bond acceptors (Lipinski definition) is 5. The highest BCUT2D eigenvalue weighted by Gasteiger charge is 2.36. The van der Waals surface area contributed by atoms with Crippen molar-refractivity contribution < 1.29 is 9.15 Å². The van der Waals surface area contributed by atoms with E-state index in [0.29, 0.717) is 6.54 Å². The lowest BCUT2D eigenvalue weighted by Gasteiger charge is -2.20. The second-order valence-electron chi connectivity index (χ2n) is 6.12. The van der Waals surface area contributed by atoms with Gasteiger partial charge < -0.3 is 14.1 Å². The molecule has 2 aromatic rings. The third-order valence-corrected chi connectivity index (χ3v) is 4.57. The Morgan fingerprint density at radius 2 is 2.00 bits per heavy atom. The Morgan fingerprint density at radius 3 is 2.55 bits per heavy atom. The smallest absolute Gasteiger partial charge is 0.208 e. The maximum atomic E-state index is 5.73. The summed E-state index contributed by atoms with van der Waals surface area (Å²) < 4.78 is 11.3. The quantitative estimate of drug-likeness (QED) is 0.940. The average molecular weight is 304 g/mol. The number of imidazole rings is 1. The molecular weight excluding hydrogens is 280 g/mol. The number of likely N-dealkylation sites (tertiary alicyclic amines) is 1. The van der Waals surface area contributed by atoms with Gasteiger partial charge in [-0.3, -0.25) is 4.90 Å². The zero-order valence-corrected chi connectivity index (χ0v) is 13.9. The summed E-state index contributed by atoms with van der Waals surface area (Å²) in [6.45, 7) is 9.55. The van der Waals surface area contributed by atoms with Crippen LogP contribution in [0.2, 0.25) is 0 Å². The van der Waals surface area contributed by atoms with Crippen molar-refractivity contribution in [3.8, 4) is 0 Å². The number of methoxy groups -OCH3 is 1. The maximum Gasteiger partial charge on any atom is 0.208 e. The number of ether oxygens (including phenoxy) is 1. The Bertz CT molecular complexity index is 622. The van der Waals surface area contributed by atoms with Gasteiger partial charge in [-0.15, -0.1) is 0 Å². The summed E-state index contributed by atoms with van der Waals surface area (Å²) in [5.41, 5.74) is 3.14. The summed E-state index contributed by atoms with van der Waals surface area (Å²) >= 11 is 0. The average Bonchev–Trinajstić information content (AvgIpc) is 3.11. The van der Waals surface area contributed by atoms with E-state index in [4.69, 9.17) is 9.15 Å². The first-order chi connectivity index (χ1) is 10.5. The van der Waals surface area contributed by atoms with Crippen LogP contribution in [0.25, 0.3) is 0 Å². The molecule has 2 aromatic heterocycles. The summed E-state index contributed by atoms with van der Waals surface area (Å²) in [5, 5.41) is 0. The molecule has 0 bridgehead atoms. The molecule has 0 amide bonds. The van der Waals surface area contributed by atoms with Crippen molar-refractivity contribution in [2.45, 2.75) is 52.8 Å². The van der Waals surface area contributed by atoms with E-state index in [0.717, 1.165) is 47.5 Å². The number of rotatable bonds is 4. The molecule has 0 saturated carbocycles. The van der Waals surface area contributed by atoms with Crippen LogP contribution in [0.3, 0.4) is 0 Å². The van der Waals surface area contributed by atoms with Gasteiger partial charge in [-0.1, -0.05) is 0 Å². The summed E-state index contributed by atoms with van der Waals surface area (Å²) in [6, 6.07) is 0.213. The summed E-state index contributed by atoms with van der Waals surface area (Å²) in [4.78, 5) is 14.9. The van der Waals surface area contributed by atoms with Gasteiger partial charge in [0.05, 0.1) is 30.1 Å². The van der Waals surface area contributed by atoms with E-state index in [1.807, 2.05) is 20.8 Å². The van der Waals surface area contributed by atoms with Crippen molar-refractivity contribution >= 4 is 0 Å². The molecule has 6 heteroatoms. The number of aromatic nitrogens is 3. The van der Waals surface area contributed by atoms with Crippen LogP contribution >= 0.6 is 0 Å². The summed E-state index contributed by atoms with van der Waals surface area (Å²) in [7, 11) is 1.77. The van der Waals surface area contributed by atoms with Crippen molar-refractivity contribution in [1.29, 1.82) is 0 Å². The van der Waals surface area contributed by atoms with Gasteiger partial charge >= 0.3 is 0 Å². The second kappa shape index (κ2) is 5.85. The second-order valence-corrected chi connectivity index (χ2v) is 6.12. The van der Waals surface area contributed by atoms with Gasteiger partial charge in [0.1, 0.15) is 11.6 Å². The number of hydrogen-bond donors (Lipinski definition) is 1. The number of oxazole rings is 1. The third-order valence-electron chi connectivity index (χ3n) is 4.57. The fourth-order valence-corrected chi connectivity index (χ4v) is 3.00. The molecule has 120 valence electrons. The minimum Gasteiger partial charge on any atom is -0.444 e. The van der Waals surface area contributed by atoms with Crippen molar-refractivity contribution in [3.05, 3.63) is 34.6 Å². The number of aryl methyl sites for hydroxylation is 4. The molecule has 0 aromatic carbocycles. The van der Waals surface area contributed by atoms with Gasteiger partial charge in [0.25, 0.3) is 0 Å². The number of aromatic amines is 1. The summed E-state index contributed by atoms with van der Waals surface area (Å²) in [6.07, 6.45) is 1.15. The van der Waals surface area contributed by atoms with Crippen LogP contribution in [-0.4, -0.2) is 39.6 Å². The van der Waals surface area contributed by atoms with Gasteiger partial charge in [-0.25, -0.2) is 9.97 Å². The summed E-state index contributed by atoms with van der Waals surface area (Å²) in [5.74, 6) is 2.66. The molecule has 0 spiro atoms. The highest BCUT2D eigenvalue weighted by atomic mass is 16.5.